The molecule has 0 aromatic carbocycles. The van der Waals surface area contributed by atoms with Gasteiger partial charge in [0.05, 0.1) is 0 Å². The topological polar surface area (TPSA) is 46.3 Å². The van der Waals surface area contributed by atoms with E-state index in [-0.39, 0.29) is 12.0 Å². The van der Waals surface area contributed by atoms with Crippen LogP contribution in [0.5, 0.6) is 0 Å². The largest absolute Gasteiger partial charge is 0.341 e. The summed E-state index contributed by atoms with van der Waals surface area (Å²) in [6.07, 6.45) is 4.27. The summed E-state index contributed by atoms with van der Waals surface area (Å²) in [5.74, 6) is 1.06. The zero-order valence-electron chi connectivity index (χ0n) is 10.9. The highest BCUT2D eigenvalue weighted by Crippen LogP contribution is 2.21. The Labute approximate surface area is 99.4 Å². The quantitative estimate of drug-likeness (QED) is 0.797. The average Bonchev–Trinajstić information content (AvgIpc) is 2.28. The van der Waals surface area contributed by atoms with E-state index in [1.54, 1.807) is 0 Å². The van der Waals surface area contributed by atoms with Gasteiger partial charge in [-0.15, -0.1) is 0 Å². The third-order valence-electron chi connectivity index (χ3n) is 3.79. The Morgan fingerprint density at radius 3 is 2.69 bits per heavy atom. The molecule has 3 nitrogen and oxygen atoms in total. The standard InChI is InChI=1S/C13H26N2O/c1-4-6-10(3)13(16)15-8-7-11(5-2)12(14)9-15/h10-12H,4-9,14H2,1-3H3. The number of likely N-dealkylation sites (tertiary alicyclic amines) is 1. The monoisotopic (exact) mass is 226 g/mol. The molecule has 1 fully saturated rings. The van der Waals surface area contributed by atoms with Crippen molar-refractivity contribution in [3.05, 3.63) is 0 Å². The molecule has 1 saturated heterocycles. The first-order valence-electron chi connectivity index (χ1n) is 6.64. The number of hydrogen-bond acceptors (Lipinski definition) is 2. The third-order valence-corrected chi connectivity index (χ3v) is 3.79. The van der Waals surface area contributed by atoms with Crippen LogP contribution in [0.1, 0.15) is 46.5 Å². The third kappa shape index (κ3) is 3.21. The molecule has 3 unspecified atom stereocenters. The summed E-state index contributed by atoms with van der Waals surface area (Å²) in [7, 11) is 0. The number of hydrogen-bond donors (Lipinski definition) is 1. The second kappa shape index (κ2) is 6.24. The Bertz CT molecular complexity index is 230. The Morgan fingerprint density at radius 1 is 1.50 bits per heavy atom. The van der Waals surface area contributed by atoms with E-state index in [9.17, 15) is 4.79 Å². The average molecular weight is 226 g/mol. The second-order valence-electron chi connectivity index (χ2n) is 5.09. The summed E-state index contributed by atoms with van der Waals surface area (Å²) in [4.78, 5) is 14.1. The summed E-state index contributed by atoms with van der Waals surface area (Å²) in [6, 6.07) is 0.177. The number of carbonyl (C=O) groups is 1. The number of nitrogens with two attached hydrogens (primary N) is 1. The van der Waals surface area contributed by atoms with Gasteiger partial charge in [0.2, 0.25) is 5.91 Å². The van der Waals surface area contributed by atoms with E-state index < -0.39 is 0 Å². The fourth-order valence-electron chi connectivity index (χ4n) is 2.61. The van der Waals surface area contributed by atoms with Gasteiger partial charge in [0.1, 0.15) is 0 Å². The number of piperidine rings is 1. The number of rotatable bonds is 4. The number of nitrogens with zero attached hydrogens (tertiary/aromatic N) is 1. The molecule has 0 radical (unpaired) electrons. The molecular weight excluding hydrogens is 200 g/mol. The van der Waals surface area contributed by atoms with E-state index in [1.807, 2.05) is 11.8 Å². The van der Waals surface area contributed by atoms with Gasteiger partial charge < -0.3 is 10.6 Å². The second-order valence-corrected chi connectivity index (χ2v) is 5.09. The van der Waals surface area contributed by atoms with Crippen LogP contribution in [-0.2, 0) is 4.79 Å². The van der Waals surface area contributed by atoms with Gasteiger partial charge in [0, 0.05) is 25.0 Å². The van der Waals surface area contributed by atoms with Crippen LogP contribution in [-0.4, -0.2) is 29.9 Å². The van der Waals surface area contributed by atoms with Crippen LogP contribution in [0.25, 0.3) is 0 Å². The van der Waals surface area contributed by atoms with Crippen LogP contribution in [0.15, 0.2) is 0 Å². The lowest BCUT2D eigenvalue weighted by Crippen LogP contribution is -2.51. The zero-order chi connectivity index (χ0) is 12.1. The van der Waals surface area contributed by atoms with Crippen molar-refractivity contribution >= 4 is 5.91 Å². The van der Waals surface area contributed by atoms with Gasteiger partial charge in [-0.25, -0.2) is 0 Å². The maximum atomic E-state index is 12.1. The molecule has 16 heavy (non-hydrogen) atoms. The van der Waals surface area contributed by atoms with E-state index >= 15 is 0 Å². The maximum Gasteiger partial charge on any atom is 0.225 e. The van der Waals surface area contributed by atoms with Crippen molar-refractivity contribution in [3.63, 3.8) is 0 Å². The van der Waals surface area contributed by atoms with Crippen LogP contribution < -0.4 is 5.73 Å². The SMILES string of the molecule is CCCC(C)C(=O)N1CCC(CC)C(N)C1. The summed E-state index contributed by atoms with van der Waals surface area (Å²) >= 11 is 0. The normalized spacial score (nSPS) is 27.9. The Morgan fingerprint density at radius 2 is 2.19 bits per heavy atom. The molecule has 0 saturated carbocycles. The van der Waals surface area contributed by atoms with E-state index in [2.05, 4.69) is 13.8 Å². The molecule has 1 aliphatic heterocycles. The smallest absolute Gasteiger partial charge is 0.225 e. The Hall–Kier alpha value is -0.570. The van der Waals surface area contributed by atoms with E-state index in [4.69, 9.17) is 5.73 Å². The number of amides is 1. The predicted molar refractivity (Wildman–Crippen MR) is 67.0 cm³/mol. The lowest BCUT2D eigenvalue weighted by molar-refractivity contribution is -0.137. The first-order chi connectivity index (χ1) is 7.60. The van der Waals surface area contributed by atoms with Crippen molar-refractivity contribution in [3.8, 4) is 0 Å². The van der Waals surface area contributed by atoms with Crippen molar-refractivity contribution in [2.45, 2.75) is 52.5 Å². The summed E-state index contributed by atoms with van der Waals surface area (Å²) in [6.45, 7) is 7.99. The highest BCUT2D eigenvalue weighted by molar-refractivity contribution is 5.78. The molecule has 2 N–H and O–H groups in total. The number of carbonyl (C=O) groups excluding carboxylic acids is 1. The van der Waals surface area contributed by atoms with Gasteiger partial charge in [-0.1, -0.05) is 33.6 Å². The molecule has 0 aromatic rings. The van der Waals surface area contributed by atoms with Gasteiger partial charge >= 0.3 is 0 Å². The Kier molecular flexibility index (Phi) is 5.26. The molecule has 1 amide bonds. The Balaban J connectivity index is 2.47. The highest BCUT2D eigenvalue weighted by Gasteiger charge is 2.29. The van der Waals surface area contributed by atoms with Crippen LogP contribution in [0, 0.1) is 11.8 Å². The summed E-state index contributed by atoms with van der Waals surface area (Å²) in [5, 5.41) is 0. The van der Waals surface area contributed by atoms with Gasteiger partial charge in [0.25, 0.3) is 0 Å². The van der Waals surface area contributed by atoms with Crippen molar-refractivity contribution in [1.82, 2.24) is 4.90 Å². The minimum atomic E-state index is 0.162. The van der Waals surface area contributed by atoms with Gasteiger partial charge in [-0.05, 0) is 18.8 Å². The fourth-order valence-corrected chi connectivity index (χ4v) is 2.61. The minimum absolute atomic E-state index is 0.162. The van der Waals surface area contributed by atoms with Gasteiger partial charge in [-0.2, -0.15) is 0 Å². The zero-order valence-corrected chi connectivity index (χ0v) is 10.9. The van der Waals surface area contributed by atoms with E-state index in [0.717, 1.165) is 38.8 Å². The summed E-state index contributed by atoms with van der Waals surface area (Å²) in [5.41, 5.74) is 6.10. The molecule has 3 heteroatoms. The van der Waals surface area contributed by atoms with Crippen LogP contribution in [0.4, 0.5) is 0 Å². The van der Waals surface area contributed by atoms with Gasteiger partial charge in [0.15, 0.2) is 0 Å². The molecule has 1 rings (SSSR count). The molecule has 0 bridgehead atoms. The molecule has 1 heterocycles. The fraction of sp³-hybridized carbons (Fsp3) is 0.923. The van der Waals surface area contributed by atoms with E-state index in [1.165, 1.54) is 0 Å². The van der Waals surface area contributed by atoms with Crippen LogP contribution >= 0.6 is 0 Å². The molecule has 0 spiro atoms. The van der Waals surface area contributed by atoms with Crippen LogP contribution in [0.3, 0.4) is 0 Å². The van der Waals surface area contributed by atoms with Crippen molar-refractivity contribution in [1.29, 1.82) is 0 Å². The van der Waals surface area contributed by atoms with Crippen molar-refractivity contribution < 1.29 is 4.79 Å². The first-order valence-corrected chi connectivity index (χ1v) is 6.64. The summed E-state index contributed by atoms with van der Waals surface area (Å²) < 4.78 is 0. The first kappa shape index (κ1) is 13.5. The molecule has 0 aliphatic carbocycles. The van der Waals surface area contributed by atoms with Crippen molar-refractivity contribution in [2.75, 3.05) is 13.1 Å². The lowest BCUT2D eigenvalue weighted by Gasteiger charge is -2.37. The highest BCUT2D eigenvalue weighted by atomic mass is 16.2. The van der Waals surface area contributed by atoms with Crippen molar-refractivity contribution in [2.24, 2.45) is 17.6 Å². The molecule has 94 valence electrons. The van der Waals surface area contributed by atoms with Crippen LogP contribution in [0.2, 0.25) is 0 Å². The molecular formula is C13H26N2O. The molecule has 3 atom stereocenters. The molecule has 1 aliphatic rings. The van der Waals surface area contributed by atoms with E-state index in [0.29, 0.717) is 11.8 Å². The maximum absolute atomic E-state index is 12.1. The molecule has 0 aromatic heterocycles. The van der Waals surface area contributed by atoms with Gasteiger partial charge in [-0.3, -0.25) is 4.79 Å². The lowest BCUT2D eigenvalue weighted by atomic mass is 9.89. The minimum Gasteiger partial charge on any atom is -0.341 e. The predicted octanol–water partition coefficient (Wildman–Crippen LogP) is 2.01.